The van der Waals surface area contributed by atoms with E-state index in [1.807, 2.05) is 6.07 Å². The number of carbonyl (C=O) groups is 1. The number of fused-ring (bicyclic) bond motifs is 1. The van der Waals surface area contributed by atoms with Gasteiger partial charge in [0.1, 0.15) is 5.69 Å². The van der Waals surface area contributed by atoms with Crippen LogP contribution in [-0.4, -0.2) is 35.9 Å². The molecule has 11 nitrogen and oxygen atoms in total. The molecule has 0 saturated heterocycles. The fourth-order valence-electron chi connectivity index (χ4n) is 3.67. The van der Waals surface area contributed by atoms with Gasteiger partial charge in [-0.3, -0.25) is 4.79 Å². The number of nitrogens with zero attached hydrogens (tertiary/aromatic N) is 7. The molecule has 180 valence electrons. The van der Waals surface area contributed by atoms with Gasteiger partial charge in [0.2, 0.25) is 0 Å². The van der Waals surface area contributed by atoms with Crippen molar-refractivity contribution in [2.75, 3.05) is 5.32 Å². The first-order valence-corrected chi connectivity index (χ1v) is 11.0. The SMILES string of the molecule is [C-]#[N+]c1cnn(-c2ncccn2)c1/N=N/c1c(O)c(C(=O)Nc2ccccc2)cc2cc(CO)ccc12. The van der Waals surface area contributed by atoms with Crippen LogP contribution in [0.3, 0.4) is 0 Å². The standard InChI is InChI=1S/C26H18N8O3/c1-27-21-14-30-34(26-28-10-5-11-29-26)24(21)33-32-22-19-9-8-16(15-35)12-17(19)13-20(23(22)36)25(37)31-18-6-3-2-4-7-18/h2-14,35-36H,15H2,(H,31,37)/b33-32+. The highest BCUT2D eigenvalue weighted by Gasteiger charge is 2.20. The minimum Gasteiger partial charge on any atom is -0.505 e. The maximum Gasteiger partial charge on any atom is 0.259 e. The van der Waals surface area contributed by atoms with Crippen LogP contribution in [0.4, 0.5) is 22.9 Å². The van der Waals surface area contributed by atoms with Crippen molar-refractivity contribution in [3.05, 3.63) is 102 Å². The molecule has 3 N–H and O–H groups in total. The second-order valence-electron chi connectivity index (χ2n) is 7.78. The van der Waals surface area contributed by atoms with Crippen LogP contribution in [-0.2, 0) is 6.61 Å². The van der Waals surface area contributed by atoms with Crippen molar-refractivity contribution in [3.8, 4) is 11.7 Å². The van der Waals surface area contributed by atoms with Crippen molar-refractivity contribution in [2.24, 2.45) is 10.2 Å². The molecule has 0 atom stereocenters. The first kappa shape index (κ1) is 23.3. The van der Waals surface area contributed by atoms with Crippen LogP contribution in [0.1, 0.15) is 15.9 Å². The molecule has 11 heteroatoms. The van der Waals surface area contributed by atoms with Crippen LogP contribution in [0.15, 0.2) is 89.5 Å². The summed E-state index contributed by atoms with van der Waals surface area (Å²) in [5.74, 6) is -0.710. The highest BCUT2D eigenvalue weighted by Crippen LogP contribution is 2.41. The van der Waals surface area contributed by atoms with Crippen LogP contribution in [0, 0.1) is 6.57 Å². The van der Waals surface area contributed by atoms with Gasteiger partial charge >= 0.3 is 0 Å². The average Bonchev–Trinajstić information content (AvgIpc) is 3.36. The number of aliphatic hydroxyl groups excluding tert-OH is 1. The third kappa shape index (κ3) is 4.60. The Balaban J connectivity index is 1.64. The second-order valence-corrected chi connectivity index (χ2v) is 7.78. The van der Waals surface area contributed by atoms with E-state index in [-0.39, 0.29) is 35.3 Å². The Morgan fingerprint density at radius 2 is 1.84 bits per heavy atom. The van der Waals surface area contributed by atoms with E-state index in [4.69, 9.17) is 6.57 Å². The van der Waals surface area contributed by atoms with Crippen molar-refractivity contribution in [3.63, 3.8) is 0 Å². The summed E-state index contributed by atoms with van der Waals surface area (Å²) < 4.78 is 1.26. The zero-order valence-corrected chi connectivity index (χ0v) is 19.1. The number of phenols is 1. The molecule has 3 aromatic carbocycles. The number of phenolic OH excluding ortho intramolecular Hbond substituents is 1. The highest BCUT2D eigenvalue weighted by molar-refractivity contribution is 6.11. The molecule has 1 amide bonds. The Morgan fingerprint density at radius 3 is 2.57 bits per heavy atom. The number of hydrogen-bond donors (Lipinski definition) is 3. The molecule has 5 aromatic rings. The Kier molecular flexibility index (Phi) is 6.31. The van der Waals surface area contributed by atoms with Gasteiger partial charge in [-0.1, -0.05) is 30.3 Å². The zero-order valence-electron chi connectivity index (χ0n) is 19.1. The largest absolute Gasteiger partial charge is 0.505 e. The van der Waals surface area contributed by atoms with Gasteiger partial charge in [0.25, 0.3) is 17.5 Å². The van der Waals surface area contributed by atoms with Crippen molar-refractivity contribution in [1.29, 1.82) is 0 Å². The number of rotatable bonds is 6. The molecule has 0 unspecified atom stereocenters. The second kappa shape index (κ2) is 10.0. The van der Waals surface area contributed by atoms with Gasteiger partial charge in [0, 0.05) is 23.5 Å². The Morgan fingerprint density at radius 1 is 1.05 bits per heavy atom. The van der Waals surface area contributed by atoms with E-state index in [1.54, 1.807) is 48.5 Å². The number of azo groups is 1. The van der Waals surface area contributed by atoms with Crippen LogP contribution < -0.4 is 5.32 Å². The smallest absolute Gasteiger partial charge is 0.259 e. The average molecular weight is 490 g/mol. The maximum atomic E-state index is 13.1. The van der Waals surface area contributed by atoms with Crippen LogP contribution in [0.25, 0.3) is 21.6 Å². The number of para-hydroxylation sites is 1. The number of aromatic hydroxyl groups is 1. The highest BCUT2D eigenvalue weighted by atomic mass is 16.3. The topological polar surface area (TPSA) is 142 Å². The number of anilines is 1. The fraction of sp³-hybridized carbons (Fsp3) is 0.0385. The molecule has 37 heavy (non-hydrogen) atoms. The van der Waals surface area contributed by atoms with E-state index in [0.717, 1.165) is 0 Å². The van der Waals surface area contributed by atoms with Crippen molar-refractivity contribution in [2.45, 2.75) is 6.61 Å². The molecule has 2 aromatic heterocycles. The number of carbonyl (C=O) groups excluding carboxylic acids is 1. The number of hydrogen-bond acceptors (Lipinski definition) is 8. The minimum atomic E-state index is -0.555. The first-order valence-electron chi connectivity index (χ1n) is 11.0. The lowest BCUT2D eigenvalue weighted by Gasteiger charge is -2.12. The number of benzene rings is 3. The minimum absolute atomic E-state index is 0.0119. The number of nitrogens with one attached hydrogen (secondary N) is 1. The number of amides is 1. The van der Waals surface area contributed by atoms with Gasteiger partial charge in [0.15, 0.2) is 11.6 Å². The molecule has 0 radical (unpaired) electrons. The summed E-state index contributed by atoms with van der Waals surface area (Å²) >= 11 is 0. The van der Waals surface area contributed by atoms with Crippen LogP contribution in [0.5, 0.6) is 5.75 Å². The number of aromatic nitrogens is 4. The molecule has 0 saturated carbocycles. The zero-order chi connectivity index (χ0) is 25.8. The summed E-state index contributed by atoms with van der Waals surface area (Å²) in [6.07, 6.45) is 4.36. The van der Waals surface area contributed by atoms with Gasteiger partial charge in [0.05, 0.1) is 24.9 Å². The van der Waals surface area contributed by atoms with E-state index < -0.39 is 11.7 Å². The molecular formula is C26H18N8O3. The first-order chi connectivity index (χ1) is 18.1. The molecule has 0 bridgehead atoms. The molecule has 2 heterocycles. The summed E-state index contributed by atoms with van der Waals surface area (Å²) in [7, 11) is 0. The van der Waals surface area contributed by atoms with E-state index in [1.165, 1.54) is 29.3 Å². The lowest BCUT2D eigenvalue weighted by Crippen LogP contribution is -2.12. The van der Waals surface area contributed by atoms with E-state index >= 15 is 0 Å². The maximum absolute atomic E-state index is 13.1. The van der Waals surface area contributed by atoms with Crippen molar-refractivity contribution < 1.29 is 15.0 Å². The number of aliphatic hydroxyl groups is 1. The quantitative estimate of drug-likeness (QED) is 0.220. The van der Waals surface area contributed by atoms with Crippen molar-refractivity contribution in [1.82, 2.24) is 19.7 Å². The Hall–Kier alpha value is -5.47. The molecule has 0 spiro atoms. The van der Waals surface area contributed by atoms with Gasteiger partial charge in [-0.15, -0.1) is 10.2 Å². The molecule has 0 fully saturated rings. The van der Waals surface area contributed by atoms with E-state index in [2.05, 4.69) is 35.5 Å². The lowest BCUT2D eigenvalue weighted by atomic mass is 10.0. The predicted octanol–water partition coefficient (Wildman–Crippen LogP) is 5.23. The van der Waals surface area contributed by atoms with Crippen LogP contribution >= 0.6 is 0 Å². The van der Waals surface area contributed by atoms with Gasteiger partial charge < -0.3 is 15.5 Å². The molecule has 0 aliphatic rings. The molecule has 0 aliphatic heterocycles. The summed E-state index contributed by atoms with van der Waals surface area (Å²) in [5.41, 5.74) is 1.24. The van der Waals surface area contributed by atoms with E-state index in [9.17, 15) is 15.0 Å². The molecule has 0 aliphatic carbocycles. The predicted molar refractivity (Wildman–Crippen MR) is 136 cm³/mol. The summed E-state index contributed by atoms with van der Waals surface area (Å²) in [6, 6.07) is 17.0. The third-order valence-electron chi connectivity index (χ3n) is 5.44. The fourth-order valence-corrected chi connectivity index (χ4v) is 3.67. The molecule has 5 rings (SSSR count). The Bertz CT molecular complexity index is 1680. The van der Waals surface area contributed by atoms with Gasteiger partial charge in [-0.25, -0.2) is 14.8 Å². The lowest BCUT2D eigenvalue weighted by molar-refractivity contribution is 0.102. The van der Waals surface area contributed by atoms with Crippen molar-refractivity contribution >= 4 is 39.6 Å². The molecular weight excluding hydrogens is 472 g/mol. The summed E-state index contributed by atoms with van der Waals surface area (Å²) in [6.45, 7) is 7.26. The van der Waals surface area contributed by atoms with Gasteiger partial charge in [-0.2, -0.15) is 9.78 Å². The third-order valence-corrected chi connectivity index (χ3v) is 5.44. The summed E-state index contributed by atoms with van der Waals surface area (Å²) in [5, 5.41) is 37.1. The van der Waals surface area contributed by atoms with Gasteiger partial charge in [-0.05, 0) is 41.3 Å². The Labute approximate surface area is 210 Å². The normalized spacial score (nSPS) is 11.0. The van der Waals surface area contributed by atoms with Crippen LogP contribution in [0.2, 0.25) is 0 Å². The monoisotopic (exact) mass is 490 g/mol. The summed E-state index contributed by atoms with van der Waals surface area (Å²) in [4.78, 5) is 24.8. The van der Waals surface area contributed by atoms with E-state index in [0.29, 0.717) is 22.0 Å².